The van der Waals surface area contributed by atoms with Crippen molar-refractivity contribution in [1.29, 1.82) is 0 Å². The molecule has 0 atom stereocenters. The van der Waals surface area contributed by atoms with E-state index in [2.05, 4.69) is 10.4 Å². The van der Waals surface area contributed by atoms with Crippen LogP contribution in [0.2, 0.25) is 0 Å². The van der Waals surface area contributed by atoms with E-state index in [-0.39, 0.29) is 17.7 Å². The number of nitrogens with zero attached hydrogens (tertiary/aromatic N) is 2. The molecule has 0 fully saturated rings. The first-order chi connectivity index (χ1) is 12.5. The van der Waals surface area contributed by atoms with Crippen LogP contribution in [-0.4, -0.2) is 29.9 Å². The van der Waals surface area contributed by atoms with Crippen molar-refractivity contribution in [2.75, 3.05) is 14.2 Å². The van der Waals surface area contributed by atoms with Gasteiger partial charge in [-0.2, -0.15) is 5.10 Å². The van der Waals surface area contributed by atoms with Gasteiger partial charge in [0.1, 0.15) is 0 Å². The van der Waals surface area contributed by atoms with Crippen LogP contribution in [0, 0.1) is 0 Å². The first kappa shape index (κ1) is 17.5. The number of amides is 1. The van der Waals surface area contributed by atoms with Crippen LogP contribution < -0.4 is 20.2 Å². The SMILES string of the molecule is COc1ccc(CNC(=O)c2nn(C)c3ccccc3c2=O)cc1OC. The number of fused-ring (bicyclic) bond motifs is 1. The lowest BCUT2D eigenvalue weighted by atomic mass is 10.1. The van der Waals surface area contributed by atoms with E-state index in [1.165, 1.54) is 4.68 Å². The number of methoxy groups -OCH3 is 2. The van der Waals surface area contributed by atoms with Crippen LogP contribution in [0.1, 0.15) is 16.1 Å². The second kappa shape index (κ2) is 7.26. The Morgan fingerprint density at radius 1 is 1.12 bits per heavy atom. The standard InChI is InChI=1S/C19H19N3O4/c1-22-14-7-5-4-6-13(14)18(23)17(21-22)19(24)20-11-12-8-9-15(25-2)16(10-12)26-3/h4-10H,11H2,1-3H3,(H,20,24). The van der Waals surface area contributed by atoms with Gasteiger partial charge in [0.05, 0.1) is 19.7 Å². The Morgan fingerprint density at radius 2 is 1.85 bits per heavy atom. The average molecular weight is 353 g/mol. The van der Waals surface area contributed by atoms with Crippen LogP contribution in [0.5, 0.6) is 11.5 Å². The molecule has 0 saturated carbocycles. The van der Waals surface area contributed by atoms with Crippen LogP contribution in [0.25, 0.3) is 10.9 Å². The molecular formula is C19H19N3O4. The molecule has 1 heterocycles. The van der Waals surface area contributed by atoms with Crippen molar-refractivity contribution in [3.63, 3.8) is 0 Å². The summed E-state index contributed by atoms with van der Waals surface area (Å²) in [5.41, 5.74) is 0.970. The fourth-order valence-electron chi connectivity index (χ4n) is 2.73. The molecule has 0 unspecified atom stereocenters. The van der Waals surface area contributed by atoms with E-state index < -0.39 is 5.91 Å². The normalized spacial score (nSPS) is 10.6. The van der Waals surface area contributed by atoms with Crippen molar-refractivity contribution >= 4 is 16.8 Å². The Morgan fingerprint density at radius 3 is 2.58 bits per heavy atom. The topological polar surface area (TPSA) is 82.5 Å². The second-order valence-electron chi connectivity index (χ2n) is 5.69. The number of hydrogen-bond acceptors (Lipinski definition) is 5. The number of aromatic nitrogens is 2. The van der Waals surface area contributed by atoms with Crippen LogP contribution in [0.15, 0.2) is 47.3 Å². The molecule has 0 spiro atoms. The maximum atomic E-state index is 12.5. The fourth-order valence-corrected chi connectivity index (χ4v) is 2.73. The average Bonchev–Trinajstić information content (AvgIpc) is 2.68. The Hall–Kier alpha value is -3.35. The van der Waals surface area contributed by atoms with E-state index in [9.17, 15) is 9.59 Å². The molecule has 1 N–H and O–H groups in total. The van der Waals surface area contributed by atoms with Crippen molar-refractivity contribution in [2.45, 2.75) is 6.54 Å². The van der Waals surface area contributed by atoms with Gasteiger partial charge in [0.15, 0.2) is 17.2 Å². The molecule has 1 amide bonds. The van der Waals surface area contributed by atoms with Gasteiger partial charge in [-0.15, -0.1) is 0 Å². The lowest BCUT2D eigenvalue weighted by Gasteiger charge is -2.11. The maximum absolute atomic E-state index is 12.5. The summed E-state index contributed by atoms with van der Waals surface area (Å²) >= 11 is 0. The van der Waals surface area contributed by atoms with E-state index in [1.807, 2.05) is 12.1 Å². The summed E-state index contributed by atoms with van der Waals surface area (Å²) in [4.78, 5) is 25.0. The summed E-state index contributed by atoms with van der Waals surface area (Å²) in [6.07, 6.45) is 0. The summed E-state index contributed by atoms with van der Waals surface area (Å²) in [6, 6.07) is 12.4. The molecule has 134 valence electrons. The Bertz CT molecular complexity index is 1030. The number of benzene rings is 2. The minimum Gasteiger partial charge on any atom is -0.493 e. The van der Waals surface area contributed by atoms with Gasteiger partial charge < -0.3 is 14.8 Å². The lowest BCUT2D eigenvalue weighted by Crippen LogP contribution is -2.31. The molecule has 26 heavy (non-hydrogen) atoms. The van der Waals surface area contributed by atoms with Crippen molar-refractivity contribution in [2.24, 2.45) is 7.05 Å². The largest absolute Gasteiger partial charge is 0.493 e. The van der Waals surface area contributed by atoms with Crippen LogP contribution in [0.3, 0.4) is 0 Å². The molecule has 3 aromatic rings. The molecule has 7 heteroatoms. The van der Waals surface area contributed by atoms with Crippen LogP contribution >= 0.6 is 0 Å². The van der Waals surface area contributed by atoms with Crippen molar-refractivity contribution in [1.82, 2.24) is 15.1 Å². The predicted molar refractivity (Wildman–Crippen MR) is 97.7 cm³/mol. The van der Waals surface area contributed by atoms with E-state index >= 15 is 0 Å². The fraction of sp³-hybridized carbons (Fsp3) is 0.211. The molecule has 0 aliphatic carbocycles. The number of ether oxygens (including phenoxy) is 2. The zero-order chi connectivity index (χ0) is 18.7. The Kier molecular flexibility index (Phi) is 4.88. The highest BCUT2D eigenvalue weighted by Crippen LogP contribution is 2.27. The summed E-state index contributed by atoms with van der Waals surface area (Å²) in [7, 11) is 4.80. The van der Waals surface area contributed by atoms with Gasteiger partial charge in [0.2, 0.25) is 5.43 Å². The van der Waals surface area contributed by atoms with Gasteiger partial charge in [-0.05, 0) is 29.8 Å². The number of para-hydroxylation sites is 1. The molecule has 1 aromatic heterocycles. The molecule has 0 aliphatic heterocycles. The van der Waals surface area contributed by atoms with Gasteiger partial charge in [-0.25, -0.2) is 0 Å². The smallest absolute Gasteiger partial charge is 0.276 e. The third-order valence-electron chi connectivity index (χ3n) is 4.08. The highest BCUT2D eigenvalue weighted by molar-refractivity contribution is 5.95. The van der Waals surface area contributed by atoms with Crippen molar-refractivity contribution in [3.05, 3.63) is 63.9 Å². The number of carbonyl (C=O) groups is 1. The van der Waals surface area contributed by atoms with Gasteiger partial charge in [0.25, 0.3) is 5.91 Å². The maximum Gasteiger partial charge on any atom is 0.276 e. The zero-order valence-corrected chi connectivity index (χ0v) is 14.8. The summed E-state index contributed by atoms with van der Waals surface area (Å²) in [5.74, 6) is 0.651. The summed E-state index contributed by atoms with van der Waals surface area (Å²) in [5, 5.41) is 7.31. The number of nitrogens with one attached hydrogen (secondary N) is 1. The van der Waals surface area contributed by atoms with Gasteiger partial charge in [-0.1, -0.05) is 18.2 Å². The van der Waals surface area contributed by atoms with Gasteiger partial charge in [0, 0.05) is 19.0 Å². The van der Waals surface area contributed by atoms with E-state index in [0.717, 1.165) is 5.56 Å². The zero-order valence-electron chi connectivity index (χ0n) is 14.8. The predicted octanol–water partition coefficient (Wildman–Crippen LogP) is 1.88. The Balaban J connectivity index is 1.84. The number of carbonyl (C=O) groups excluding carboxylic acids is 1. The monoisotopic (exact) mass is 353 g/mol. The first-order valence-electron chi connectivity index (χ1n) is 8.00. The molecule has 0 saturated heterocycles. The second-order valence-corrected chi connectivity index (χ2v) is 5.69. The summed E-state index contributed by atoms with van der Waals surface area (Å²) < 4.78 is 12.0. The van der Waals surface area contributed by atoms with Crippen molar-refractivity contribution < 1.29 is 14.3 Å². The van der Waals surface area contributed by atoms with E-state index in [1.54, 1.807) is 51.6 Å². The minimum absolute atomic E-state index is 0.133. The number of aryl methyl sites for hydroxylation is 1. The van der Waals surface area contributed by atoms with E-state index in [4.69, 9.17) is 9.47 Å². The van der Waals surface area contributed by atoms with E-state index in [0.29, 0.717) is 22.4 Å². The molecule has 0 bridgehead atoms. The van der Waals surface area contributed by atoms with Gasteiger partial charge >= 0.3 is 0 Å². The third-order valence-corrected chi connectivity index (χ3v) is 4.08. The molecule has 2 aromatic carbocycles. The summed E-state index contributed by atoms with van der Waals surface area (Å²) in [6.45, 7) is 0.233. The quantitative estimate of drug-likeness (QED) is 0.757. The third kappa shape index (κ3) is 3.23. The van der Waals surface area contributed by atoms with Crippen LogP contribution in [-0.2, 0) is 13.6 Å². The minimum atomic E-state index is -0.522. The molecule has 0 aliphatic rings. The Labute approximate surface area is 150 Å². The molecular weight excluding hydrogens is 334 g/mol. The molecule has 7 nitrogen and oxygen atoms in total. The van der Waals surface area contributed by atoms with Gasteiger partial charge in [-0.3, -0.25) is 14.3 Å². The highest BCUT2D eigenvalue weighted by atomic mass is 16.5. The number of hydrogen-bond donors (Lipinski definition) is 1. The molecule has 3 rings (SSSR count). The molecule has 0 radical (unpaired) electrons. The van der Waals surface area contributed by atoms with Crippen molar-refractivity contribution in [3.8, 4) is 11.5 Å². The lowest BCUT2D eigenvalue weighted by molar-refractivity contribution is 0.0943. The first-order valence-corrected chi connectivity index (χ1v) is 8.00. The number of rotatable bonds is 5. The van der Waals surface area contributed by atoms with Crippen LogP contribution in [0.4, 0.5) is 0 Å². The highest BCUT2D eigenvalue weighted by Gasteiger charge is 2.16.